The van der Waals surface area contributed by atoms with Crippen LogP contribution in [0.3, 0.4) is 0 Å². The summed E-state index contributed by atoms with van der Waals surface area (Å²) in [7, 11) is 0. The quantitative estimate of drug-likeness (QED) is 0.828. The van der Waals surface area contributed by atoms with Crippen molar-refractivity contribution in [3.05, 3.63) is 18.2 Å². The van der Waals surface area contributed by atoms with Crippen molar-refractivity contribution < 1.29 is 15.1 Å². The Bertz CT molecular complexity index is 385. The van der Waals surface area contributed by atoms with Crippen LogP contribution >= 0.6 is 0 Å². The zero-order valence-corrected chi connectivity index (χ0v) is 10.6. The lowest BCUT2D eigenvalue weighted by Gasteiger charge is -2.66. The summed E-state index contributed by atoms with van der Waals surface area (Å²) < 4.78 is 30.0. The van der Waals surface area contributed by atoms with Crippen molar-refractivity contribution in [2.24, 2.45) is 29.4 Å². The van der Waals surface area contributed by atoms with Crippen LogP contribution in [0.2, 0.25) is 0 Å². The van der Waals surface area contributed by atoms with Gasteiger partial charge in [0.15, 0.2) is 0 Å². The van der Waals surface area contributed by atoms with Gasteiger partial charge in [0.2, 0.25) is 0 Å². The lowest BCUT2D eigenvalue weighted by atomic mass is 9.39. The molecule has 4 rings (SSSR count). The van der Waals surface area contributed by atoms with Gasteiger partial charge in [0.25, 0.3) is 0 Å². The van der Waals surface area contributed by atoms with Crippen LogP contribution in [-0.2, 0) is 11.2 Å². The number of rotatable bonds is 3. The molecule has 0 amide bonds. The highest BCUT2D eigenvalue weighted by Gasteiger charge is 2.58. The first-order valence-electron chi connectivity index (χ1n) is 9.97. The minimum atomic E-state index is -0.416. The molecule has 0 aromatic carbocycles. The van der Waals surface area contributed by atoms with Gasteiger partial charge < -0.3 is 15.5 Å². The Morgan fingerprint density at radius 1 is 1.39 bits per heavy atom. The van der Waals surface area contributed by atoms with E-state index in [2.05, 4.69) is 9.97 Å². The first kappa shape index (κ1) is 8.86. The molecule has 3 saturated carbocycles. The number of fused-ring (bicyclic) bond motifs is 4. The van der Waals surface area contributed by atoms with Gasteiger partial charge in [-0.1, -0.05) is 0 Å². The van der Waals surface area contributed by atoms with Gasteiger partial charge in [-0.05, 0) is 49.4 Å². The van der Waals surface area contributed by atoms with Crippen LogP contribution in [-0.4, -0.2) is 22.3 Å². The second kappa shape index (κ2) is 4.84. The van der Waals surface area contributed by atoms with Gasteiger partial charge >= 0.3 is 0 Å². The van der Waals surface area contributed by atoms with Gasteiger partial charge in [-0.25, -0.2) is 4.98 Å². The topological polar surface area (TPSA) is 71.8 Å². The highest BCUT2D eigenvalue weighted by molar-refractivity contribution is 5.57. The first-order valence-corrected chi connectivity index (χ1v) is 6.97. The van der Waals surface area contributed by atoms with Crippen molar-refractivity contribution in [3.63, 3.8) is 0 Å². The molecular formula is C14H29N3O. The van der Waals surface area contributed by atoms with Crippen LogP contribution in [0.15, 0.2) is 12.5 Å². The summed E-state index contributed by atoms with van der Waals surface area (Å²) in [6, 6.07) is -0.416. The Labute approximate surface area is 118 Å². The number of H-pyrrole nitrogens is 1. The van der Waals surface area contributed by atoms with Crippen LogP contribution in [0.1, 0.15) is 41.7 Å². The van der Waals surface area contributed by atoms with E-state index in [9.17, 15) is 4.79 Å². The summed E-state index contributed by atoms with van der Waals surface area (Å²) in [6.07, 6.45) is 10.8. The van der Waals surface area contributed by atoms with E-state index >= 15 is 0 Å². The summed E-state index contributed by atoms with van der Waals surface area (Å²) in [5, 5.41) is 0. The van der Waals surface area contributed by atoms with Gasteiger partial charge in [-0.15, -0.1) is 0 Å². The Morgan fingerprint density at radius 2 is 1.94 bits per heavy atom. The maximum atomic E-state index is 10.1. The summed E-state index contributed by atoms with van der Waals surface area (Å²) in [5.74, 6) is 4.98. The molecule has 0 aliphatic heterocycles. The van der Waals surface area contributed by atoms with E-state index in [4.69, 9.17) is 14.6 Å². The molecule has 3 aliphatic rings. The van der Waals surface area contributed by atoms with Crippen LogP contribution in [0.25, 0.3) is 0 Å². The summed E-state index contributed by atoms with van der Waals surface area (Å²) in [5.41, 5.74) is 6.24. The number of carbonyl (C=O) groups excluding carboxylic acids is 1. The normalized spacial score (nSPS) is 37.8. The highest BCUT2D eigenvalue weighted by Crippen LogP contribution is 2.66. The van der Waals surface area contributed by atoms with E-state index in [-0.39, 0.29) is 1.43 Å². The molecule has 1 heterocycles. The predicted octanol–water partition coefficient (Wildman–Crippen LogP) is 2.51. The fourth-order valence-corrected chi connectivity index (χ4v) is 3.78. The van der Waals surface area contributed by atoms with E-state index in [0.29, 0.717) is 6.42 Å². The van der Waals surface area contributed by atoms with E-state index < -0.39 is 6.04 Å². The molecule has 0 radical (unpaired) electrons. The number of aromatic amines is 1. The van der Waals surface area contributed by atoms with Crippen LogP contribution in [0, 0.1) is 23.7 Å². The molecule has 3 N–H and O–H groups in total. The number of imidazole rings is 1. The summed E-state index contributed by atoms with van der Waals surface area (Å²) in [6.45, 7) is 0. The van der Waals surface area contributed by atoms with E-state index in [1.165, 1.54) is 23.7 Å². The number of nitrogens with two attached hydrogens (primary N) is 1. The Kier molecular flexibility index (Phi) is 2.38. The largest absolute Gasteiger partial charge is 0.348 e. The molecule has 1 aromatic rings. The van der Waals surface area contributed by atoms with Gasteiger partial charge in [0.1, 0.15) is 6.29 Å². The standard InChI is InChI=1S/C8H12.C6H9N3O.4H2/c1-2-6-5(1)7-3-4-8(6)7;7-5(3-10)1-6-2-8-4-9-6;;;;/h5-8H,1-4H2;2-5H,1,7H2,(H,8,9);4*1H/t;5-;;;;/m.1..../s1/i;;3*1+2T;1+2. The molecule has 0 spiro atoms. The molecule has 0 saturated heterocycles. The molecular weight excluding hydrogens is 226 g/mol. The van der Waals surface area contributed by atoms with Crippen molar-refractivity contribution in [1.29, 1.82) is 0 Å². The number of nitrogens with zero attached hydrogens (tertiary/aromatic N) is 1. The number of aldehydes is 1. The predicted molar refractivity (Wildman–Crippen MR) is 77.2 cm³/mol. The summed E-state index contributed by atoms with van der Waals surface area (Å²) in [4.78, 5) is 16.7. The van der Waals surface area contributed by atoms with Crippen molar-refractivity contribution in [3.8, 4) is 0 Å². The van der Waals surface area contributed by atoms with E-state index in [1.807, 2.05) is 0 Å². The number of hydrogen-bond acceptors (Lipinski definition) is 3. The van der Waals surface area contributed by atoms with Crippen molar-refractivity contribution >= 4 is 6.29 Å². The zero-order valence-electron chi connectivity index (χ0n) is 16.6. The second-order valence-corrected chi connectivity index (χ2v) is 5.89. The average molecular weight is 269 g/mol. The molecule has 1 atom stereocenters. The van der Waals surface area contributed by atoms with Crippen LogP contribution < -0.4 is 5.73 Å². The van der Waals surface area contributed by atoms with Crippen molar-refractivity contribution in [2.45, 2.75) is 38.1 Å². The van der Waals surface area contributed by atoms with E-state index in [0.717, 1.165) is 12.0 Å². The third kappa shape index (κ3) is 1.99. The van der Waals surface area contributed by atoms with Crippen LogP contribution in [0.5, 0.6) is 0 Å². The minimum Gasteiger partial charge on any atom is -0.348 e. The third-order valence-corrected chi connectivity index (χ3v) is 5.05. The molecule has 3 aliphatic carbocycles. The maximum Gasteiger partial charge on any atom is 0.137 e. The minimum absolute atomic E-state index is 0. The summed E-state index contributed by atoms with van der Waals surface area (Å²) >= 11 is 0. The molecule has 18 heavy (non-hydrogen) atoms. The number of carbonyl (C=O) groups is 1. The van der Waals surface area contributed by atoms with Crippen LogP contribution in [0.4, 0.5) is 0 Å². The number of nitrogens with one attached hydrogen (secondary N) is 1. The van der Waals surface area contributed by atoms with Crippen molar-refractivity contribution in [1.82, 2.24) is 9.97 Å². The molecule has 4 nitrogen and oxygen atoms in total. The molecule has 0 bridgehead atoms. The molecule has 4 heteroatoms. The van der Waals surface area contributed by atoms with Gasteiger partial charge in [0.05, 0.1) is 12.4 Å². The van der Waals surface area contributed by atoms with Gasteiger partial charge in [-0.3, -0.25) is 0 Å². The molecule has 106 valence electrons. The lowest BCUT2D eigenvalue weighted by Crippen LogP contribution is -2.58. The smallest absolute Gasteiger partial charge is 0.137 e. The SMILES string of the molecule is C1CC2C1C1CCC21.N[C@@H](C=O)Cc1cnc[nH]1.[3HH].[3H][3H].[3H][3H].[3H][3H]. The average Bonchev–Trinajstić information content (AvgIpc) is 3.14. The molecule has 3 fully saturated rings. The third-order valence-electron chi connectivity index (χ3n) is 5.05. The van der Waals surface area contributed by atoms with Gasteiger partial charge in [0, 0.05) is 28.6 Å². The van der Waals surface area contributed by atoms with Gasteiger partial charge in [-0.2, -0.15) is 0 Å². The second-order valence-electron chi connectivity index (χ2n) is 5.89. The Morgan fingerprint density at radius 3 is 2.28 bits per heavy atom. The Balaban J connectivity index is 0. The highest BCUT2D eigenvalue weighted by atomic mass is 16.1. The molecule has 1 aromatic heterocycles. The fraction of sp³-hybridized carbons (Fsp3) is 0.714. The Hall–Kier alpha value is -1.16. The molecule has 0 unspecified atom stereocenters. The lowest BCUT2D eigenvalue weighted by molar-refractivity contribution is -0.165. The number of hydrogen-bond donors (Lipinski definition) is 2. The maximum absolute atomic E-state index is 10.1. The zero-order chi connectivity index (χ0) is 18.5. The number of aromatic nitrogens is 2. The fourth-order valence-electron chi connectivity index (χ4n) is 3.78. The van der Waals surface area contributed by atoms with E-state index in [1.54, 1.807) is 38.2 Å². The monoisotopic (exact) mass is 269 g/mol. The first-order chi connectivity index (χ1) is 11.8. The van der Waals surface area contributed by atoms with Crippen molar-refractivity contribution in [2.75, 3.05) is 0 Å².